The molecule has 3 aliphatic rings. The fourth-order valence-corrected chi connectivity index (χ4v) is 14.9. The number of benzene rings is 3. The molecule has 3 aromatic carbocycles. The van der Waals surface area contributed by atoms with Crippen molar-refractivity contribution in [2.24, 2.45) is 0 Å². The van der Waals surface area contributed by atoms with Gasteiger partial charge in [-0.15, -0.1) is 23.1 Å². The molecule has 35 nitrogen and oxygen atoms in total. The fraction of sp³-hybridized carbons (Fsp3) is 0.239. The molecule has 1 fully saturated rings. The first-order valence-electron chi connectivity index (χ1n) is 41.0. The van der Waals surface area contributed by atoms with E-state index in [1.54, 1.807) is 174 Å². The Balaban J connectivity index is 0.000000390. The number of carbonyl (C=O) groups is 4. The van der Waals surface area contributed by atoms with Gasteiger partial charge in [0.25, 0.3) is 29.1 Å². The van der Waals surface area contributed by atoms with Crippen molar-refractivity contribution in [2.45, 2.75) is 140 Å². The van der Waals surface area contributed by atoms with Crippen molar-refractivity contribution < 1.29 is 141 Å². The van der Waals surface area contributed by atoms with Gasteiger partial charge in [0.2, 0.25) is 0 Å². The number of alkyl halides is 1. The summed E-state index contributed by atoms with van der Waals surface area (Å²) in [6, 6.07) is 30.5. The molecule has 0 spiro atoms. The Morgan fingerprint density at radius 3 is 1.29 bits per heavy atom. The van der Waals surface area contributed by atoms with Crippen molar-refractivity contribution in [3.05, 3.63) is 283 Å². The summed E-state index contributed by atoms with van der Waals surface area (Å²) in [5.74, 6) is 3.65. The van der Waals surface area contributed by atoms with Crippen LogP contribution in [0, 0.1) is 23.4 Å². The van der Waals surface area contributed by atoms with Crippen molar-refractivity contribution in [1.82, 2.24) is 96.8 Å². The minimum absolute atomic E-state index is 0. The van der Waals surface area contributed by atoms with Gasteiger partial charge in [0, 0.05) is 161 Å². The molecular formula is C92H103Cl2IKN22NaO13S3Si2. The molecule has 13 heterocycles. The van der Waals surface area contributed by atoms with Crippen LogP contribution in [0.3, 0.4) is 0 Å². The summed E-state index contributed by atoms with van der Waals surface area (Å²) in [6.07, 6.45) is 44.7. The van der Waals surface area contributed by atoms with Gasteiger partial charge in [-0.2, -0.15) is 0 Å². The zero-order chi connectivity index (χ0) is 98.5. The number of hydrogen-bond donors (Lipinski definition) is 2. The molecule has 137 heavy (non-hydrogen) atoms. The van der Waals surface area contributed by atoms with E-state index in [9.17, 15) is 49.5 Å². The molecular weight excluding hydrogens is 2030 g/mol. The zero-order valence-corrected chi connectivity index (χ0v) is 91.3. The van der Waals surface area contributed by atoms with Crippen LogP contribution in [0.25, 0.3) is 56.8 Å². The number of rotatable bonds is 11. The Hall–Kier alpha value is -10.5. The quantitative estimate of drug-likeness (QED) is 0.0305. The minimum Gasteiger partial charge on any atom is -0.870 e. The molecule has 0 unspecified atom stereocenters. The molecule has 0 radical (unpaired) electrons. The third-order valence-corrected chi connectivity index (χ3v) is 23.5. The maximum atomic E-state index is 12.6. The number of nitrogen functional groups attached to an aromatic ring is 2. The maximum Gasteiger partial charge on any atom is 1.00 e. The second-order valence-electron chi connectivity index (χ2n) is 30.4. The number of allylic oxidation sites excluding steroid dienone is 2. The van der Waals surface area contributed by atoms with E-state index in [4.69, 9.17) is 44.9 Å². The largest absolute Gasteiger partial charge is 1.00 e. The molecule has 18 rings (SSSR count). The van der Waals surface area contributed by atoms with Gasteiger partial charge in [-0.05, 0) is 104 Å². The van der Waals surface area contributed by atoms with Gasteiger partial charge in [0.15, 0.2) is 63.9 Å². The van der Waals surface area contributed by atoms with Gasteiger partial charge in [0.1, 0.15) is 50.2 Å². The Kier molecular flexibility index (Phi) is 53.7. The predicted molar refractivity (Wildman–Crippen MR) is 536 cm³/mol. The summed E-state index contributed by atoms with van der Waals surface area (Å²) >= 11 is 7.70. The number of halogens is 3. The number of nitrogens with zero attached hydrogens (tertiary/aromatic N) is 20. The summed E-state index contributed by atoms with van der Waals surface area (Å²) in [6.45, 7) is 27.4. The van der Waals surface area contributed by atoms with E-state index in [0.29, 0.717) is 52.3 Å². The number of fused-ring (bicyclic) bond motifs is 6. The van der Waals surface area contributed by atoms with Crippen LogP contribution in [0.1, 0.15) is 114 Å². The Morgan fingerprint density at radius 2 is 0.898 bits per heavy atom. The maximum absolute atomic E-state index is 12.6. The smallest absolute Gasteiger partial charge is 0.870 e. The molecule has 45 heteroatoms. The van der Waals surface area contributed by atoms with E-state index in [-0.39, 0.29) is 123 Å². The normalized spacial score (nSPS) is 11.5. The molecule has 0 saturated carbocycles. The van der Waals surface area contributed by atoms with Crippen LogP contribution in [-0.2, 0) is 64.6 Å². The number of hydrogen-bond acceptors (Lipinski definition) is 31. The van der Waals surface area contributed by atoms with Crippen molar-refractivity contribution in [2.75, 3.05) is 29.1 Å². The number of aldehydes is 4. The summed E-state index contributed by atoms with van der Waals surface area (Å²) in [4.78, 5) is 108. The third-order valence-electron chi connectivity index (χ3n) is 16.7. The third kappa shape index (κ3) is 40.8. The molecule has 15 aromatic rings. The van der Waals surface area contributed by atoms with E-state index < -0.39 is 50.8 Å². The van der Waals surface area contributed by atoms with E-state index in [0.717, 1.165) is 110 Å². The molecule has 5 N–H and O–H groups in total. The monoisotopic (exact) mass is 2130 g/mol. The van der Waals surface area contributed by atoms with Crippen LogP contribution in [-0.4, -0.2) is 192 Å². The topological polar surface area (TPSA) is 511 Å². The van der Waals surface area contributed by atoms with Crippen LogP contribution in [0.4, 0.5) is 11.6 Å². The van der Waals surface area contributed by atoms with Crippen LogP contribution in [0.5, 0.6) is 0 Å². The standard InChI is InChI=1S/C13H9N3O3S.C12H9N3O2S.2C9H9N3O.C9H13N3Si.C8H6N2O.C7H6N2.C6H5ClO2S.C5H10Si.C4H4ClN3.C4H8O.C4H9O.C2H5I.K.Na.H2O/c17-9-10-8-12-13(15-7-6-14-12)16(10)20(18,19)11-4-2-1-3-5-11;16-18(17,10-4-2-1-3-5-10)15-9-6-11-12(15)14-8-7-13-11;2*1-2-12-7(6-13)5-8-9(12)11-4-3-10-8;1-13(2,3)7-4-8-9(10)12-6-5-11-8;11-5-6-3-7-8(4-6)10-2-1-9-7;1-2-6-7(3-1)9-5-4-8-6;7-10(8,9)6-4-2-1-3-5-6;1-5-6(2,3)4;5-3-4(6)8-2-1-7-3;1-2-4-5-3-1;1-4(2,3)5;1-2-3;;;/h1-9H;1-9H;2*3-6H,2H2,1H3;5-6H,1-3H3,(H2,10,12);1-3,5H,4H2;1-2,4-5H,3H2;1-5H;1H,2-4H3;1-2H,(H2,6,8);1-4H2;1-3H3;2H2,1H3;;;1H2/q;;;;;;;;;;;-1;;2*+1;/p-1. The first-order chi connectivity index (χ1) is 63.8. The molecule has 2 aliphatic carbocycles. The van der Waals surface area contributed by atoms with E-state index in [1.165, 1.54) is 91.0 Å². The molecule has 1 aliphatic heterocycles. The van der Waals surface area contributed by atoms with Gasteiger partial charge < -0.3 is 35.9 Å². The summed E-state index contributed by atoms with van der Waals surface area (Å²) in [5.41, 5.74) is 26.9. The van der Waals surface area contributed by atoms with E-state index in [2.05, 4.69) is 172 Å². The second-order valence-corrected chi connectivity index (χ2v) is 48.0. The number of carbonyl (C=O) groups excluding carboxylic acids is 4. The summed E-state index contributed by atoms with van der Waals surface area (Å²) in [5, 5.41) is 10.4. The zero-order valence-electron chi connectivity index (χ0n) is 78.1. The fourth-order valence-electron chi connectivity index (χ4n) is 10.7. The van der Waals surface area contributed by atoms with Crippen LogP contribution < -0.4 is 97.5 Å². The molecule has 12 aromatic heterocycles. The minimum atomic E-state index is -3.88. The number of terminal acetylenes is 1. The molecule has 708 valence electrons. The van der Waals surface area contributed by atoms with E-state index >= 15 is 0 Å². The van der Waals surface area contributed by atoms with Gasteiger partial charge in [-0.25, -0.2) is 73.1 Å². The van der Waals surface area contributed by atoms with Gasteiger partial charge in [-0.1, -0.05) is 168 Å². The van der Waals surface area contributed by atoms with Crippen molar-refractivity contribution in [1.29, 1.82) is 0 Å². The molecule has 1 saturated heterocycles. The van der Waals surface area contributed by atoms with Gasteiger partial charge in [0.05, 0.1) is 48.9 Å². The molecule has 0 bridgehead atoms. The second kappa shape index (κ2) is 61.0. The first-order valence-corrected chi connectivity index (χ1v) is 55.1. The SMILES string of the molecule is C#C[Si](C)(C)C.C1=Cc2nccnc2C1.C1CCOC1.CC(C)(C)[O-].CCI.CCn1c(C=O)cc2nccnc21.CCn1c(C=O)cc2nccnc21.C[Si](C)(C)C#Cc1nccnc1N.Nc1nccnc1Cl.O=CC1=Cc2nccnc2C1.O=Cc1cc2nccnc2n1S(=O)(=O)c1ccccc1.O=S(=O)(Cl)c1ccccc1.O=S(=O)(c1ccccc1)n1ccc2nccnc21.[K+].[Na+].[OH-]. The average molecular weight is 2140 g/mol. The molecule has 0 amide bonds. The van der Waals surface area contributed by atoms with Crippen molar-refractivity contribution >= 4 is 184 Å². The summed E-state index contributed by atoms with van der Waals surface area (Å²) < 4.78 is 83.2. The van der Waals surface area contributed by atoms with Gasteiger partial charge in [-0.3, -0.25) is 59.0 Å². The Morgan fingerprint density at radius 1 is 0.511 bits per heavy atom. The Labute approximate surface area is 886 Å². The number of aryl methyl sites for hydroxylation is 2. The number of aromatic nitrogens is 20. The first kappa shape index (κ1) is 121. The average Bonchev–Trinajstić information content (AvgIpc) is 1.63. The van der Waals surface area contributed by atoms with Crippen LogP contribution >= 0.6 is 44.9 Å². The van der Waals surface area contributed by atoms with E-state index in [1.807, 2.05) is 29.1 Å². The van der Waals surface area contributed by atoms with Crippen molar-refractivity contribution in [3.63, 3.8) is 0 Å². The molecule has 0 atom stereocenters. The predicted octanol–water partition coefficient (Wildman–Crippen LogP) is 8.66. The van der Waals surface area contributed by atoms with Crippen molar-refractivity contribution in [3.8, 4) is 23.4 Å². The Bertz CT molecular complexity index is 6770. The summed E-state index contributed by atoms with van der Waals surface area (Å²) in [7, 11) is -8.44. The number of nitrogens with two attached hydrogens (primary N) is 2. The van der Waals surface area contributed by atoms with Gasteiger partial charge >= 0.3 is 80.9 Å². The number of anilines is 2. The van der Waals surface area contributed by atoms with Crippen LogP contribution in [0.15, 0.2) is 247 Å². The van der Waals surface area contributed by atoms with Crippen LogP contribution in [0.2, 0.25) is 44.4 Å². The number of ether oxygens (including phenoxy) is 1.